The van der Waals surface area contributed by atoms with Gasteiger partial charge in [0.2, 0.25) is 5.91 Å². The van der Waals surface area contributed by atoms with E-state index in [1.54, 1.807) is 0 Å². The Labute approximate surface area is 155 Å². The summed E-state index contributed by atoms with van der Waals surface area (Å²) in [6.07, 6.45) is 0.555. The van der Waals surface area contributed by atoms with E-state index in [1.165, 1.54) is 0 Å². The molecule has 2 fully saturated rings. The zero-order chi connectivity index (χ0) is 16.3. The average molecular weight is 371 g/mol. The van der Waals surface area contributed by atoms with E-state index in [4.69, 9.17) is 4.74 Å². The van der Waals surface area contributed by atoms with Crippen LogP contribution in [0.15, 0.2) is 30.3 Å². The van der Waals surface area contributed by atoms with Gasteiger partial charge in [-0.2, -0.15) is 11.8 Å². The number of morpholine rings is 1. The molecular weight excluding hydrogens is 344 g/mol. The van der Waals surface area contributed by atoms with Crippen molar-refractivity contribution < 1.29 is 9.53 Å². The minimum absolute atomic E-state index is 0. The standard InChI is InChI=1S/C18H26N2O2S.ClH/c1-18(2)13-22-16(14-6-4-3-5-7-14)11-20(18)17(21)10-15-12-23-9-8-19-15;/h3-7,15-16,19H,8-13H2,1-2H3;1H. The van der Waals surface area contributed by atoms with E-state index in [0.717, 1.165) is 23.6 Å². The number of benzene rings is 1. The molecule has 1 amide bonds. The zero-order valence-electron chi connectivity index (χ0n) is 14.4. The van der Waals surface area contributed by atoms with Crippen molar-refractivity contribution in [2.24, 2.45) is 0 Å². The first-order valence-electron chi connectivity index (χ1n) is 8.34. The van der Waals surface area contributed by atoms with Gasteiger partial charge in [0.15, 0.2) is 0 Å². The van der Waals surface area contributed by atoms with Crippen LogP contribution in [0.5, 0.6) is 0 Å². The number of nitrogens with one attached hydrogen (secondary N) is 1. The largest absolute Gasteiger partial charge is 0.369 e. The number of hydrogen-bond acceptors (Lipinski definition) is 4. The fourth-order valence-corrected chi connectivity index (χ4v) is 4.18. The highest BCUT2D eigenvalue weighted by molar-refractivity contribution is 7.99. The van der Waals surface area contributed by atoms with Crippen LogP contribution in [0.3, 0.4) is 0 Å². The summed E-state index contributed by atoms with van der Waals surface area (Å²) in [5.41, 5.74) is 0.900. The average Bonchev–Trinajstić information content (AvgIpc) is 2.56. The molecule has 2 heterocycles. The van der Waals surface area contributed by atoms with Gasteiger partial charge >= 0.3 is 0 Å². The van der Waals surface area contributed by atoms with Gasteiger partial charge < -0.3 is 15.0 Å². The van der Waals surface area contributed by atoms with Crippen LogP contribution in [0.2, 0.25) is 0 Å². The van der Waals surface area contributed by atoms with Gasteiger partial charge in [-0.1, -0.05) is 30.3 Å². The molecule has 6 heteroatoms. The van der Waals surface area contributed by atoms with Crippen LogP contribution in [-0.4, -0.2) is 53.6 Å². The van der Waals surface area contributed by atoms with Crippen LogP contribution in [-0.2, 0) is 9.53 Å². The zero-order valence-corrected chi connectivity index (χ0v) is 16.0. The molecule has 0 bridgehead atoms. The lowest BCUT2D eigenvalue weighted by Gasteiger charge is -2.46. The van der Waals surface area contributed by atoms with Gasteiger partial charge in [-0.3, -0.25) is 4.79 Å². The van der Waals surface area contributed by atoms with Gasteiger partial charge in [-0.15, -0.1) is 12.4 Å². The Kier molecular flexibility index (Phi) is 6.99. The Balaban J connectivity index is 0.00000208. The molecule has 3 rings (SSSR count). The molecule has 2 unspecified atom stereocenters. The van der Waals surface area contributed by atoms with Gasteiger partial charge in [0.05, 0.1) is 18.7 Å². The lowest BCUT2D eigenvalue weighted by Crippen LogP contribution is -2.57. The SMILES string of the molecule is CC1(C)COC(c2ccccc2)CN1C(=O)CC1CSCCN1.Cl. The molecule has 0 aliphatic carbocycles. The van der Waals surface area contributed by atoms with Crippen LogP contribution in [0.4, 0.5) is 0 Å². The second-order valence-electron chi connectivity index (χ2n) is 6.96. The molecule has 0 radical (unpaired) electrons. The second-order valence-corrected chi connectivity index (χ2v) is 8.11. The summed E-state index contributed by atoms with van der Waals surface area (Å²) < 4.78 is 6.04. The Morgan fingerprint density at radius 3 is 2.79 bits per heavy atom. The fourth-order valence-electron chi connectivity index (χ4n) is 3.23. The lowest BCUT2D eigenvalue weighted by atomic mass is 9.97. The van der Waals surface area contributed by atoms with Crippen molar-refractivity contribution in [3.05, 3.63) is 35.9 Å². The molecule has 4 nitrogen and oxygen atoms in total. The lowest BCUT2D eigenvalue weighted by molar-refractivity contribution is -0.155. The first-order valence-corrected chi connectivity index (χ1v) is 9.50. The molecule has 1 aromatic rings. The van der Waals surface area contributed by atoms with Crippen LogP contribution in [0.25, 0.3) is 0 Å². The topological polar surface area (TPSA) is 41.6 Å². The van der Waals surface area contributed by atoms with E-state index >= 15 is 0 Å². The molecule has 0 aromatic heterocycles. The predicted octanol–water partition coefficient (Wildman–Crippen LogP) is 2.88. The van der Waals surface area contributed by atoms with E-state index < -0.39 is 0 Å². The first-order chi connectivity index (χ1) is 11.1. The van der Waals surface area contributed by atoms with Gasteiger partial charge in [0.25, 0.3) is 0 Å². The maximum Gasteiger partial charge on any atom is 0.224 e. The van der Waals surface area contributed by atoms with Crippen LogP contribution >= 0.6 is 24.2 Å². The van der Waals surface area contributed by atoms with Crippen LogP contribution in [0.1, 0.15) is 31.9 Å². The smallest absolute Gasteiger partial charge is 0.224 e. The third-order valence-electron chi connectivity index (χ3n) is 4.61. The quantitative estimate of drug-likeness (QED) is 0.888. The molecule has 2 aliphatic heterocycles. The number of amides is 1. The van der Waals surface area contributed by atoms with E-state index in [0.29, 0.717) is 25.6 Å². The van der Waals surface area contributed by atoms with Crippen molar-refractivity contribution in [2.75, 3.05) is 31.2 Å². The number of ether oxygens (including phenoxy) is 1. The van der Waals surface area contributed by atoms with Crippen molar-refractivity contribution in [3.63, 3.8) is 0 Å². The van der Waals surface area contributed by atoms with Crippen molar-refractivity contribution in [2.45, 2.75) is 38.0 Å². The maximum absolute atomic E-state index is 12.9. The minimum atomic E-state index is -0.246. The molecule has 1 N–H and O–H groups in total. The number of carbonyl (C=O) groups is 1. The van der Waals surface area contributed by atoms with E-state index in [9.17, 15) is 4.79 Å². The highest BCUT2D eigenvalue weighted by Gasteiger charge is 2.39. The monoisotopic (exact) mass is 370 g/mol. The third-order valence-corrected chi connectivity index (χ3v) is 5.74. The highest BCUT2D eigenvalue weighted by Crippen LogP contribution is 2.31. The summed E-state index contributed by atoms with van der Waals surface area (Å²) in [5, 5.41) is 3.46. The van der Waals surface area contributed by atoms with E-state index in [2.05, 4.69) is 31.3 Å². The number of nitrogens with zero attached hydrogens (tertiary/aromatic N) is 1. The molecular formula is C18H27ClN2O2S. The summed E-state index contributed by atoms with van der Waals surface area (Å²) >= 11 is 1.93. The summed E-state index contributed by atoms with van der Waals surface area (Å²) in [4.78, 5) is 14.9. The van der Waals surface area contributed by atoms with Crippen LogP contribution in [0, 0.1) is 0 Å². The van der Waals surface area contributed by atoms with E-state index in [1.807, 2.05) is 34.9 Å². The first kappa shape index (κ1) is 19.6. The number of thioether (sulfide) groups is 1. The second kappa shape index (κ2) is 8.56. The number of carbonyl (C=O) groups excluding carboxylic acids is 1. The molecule has 0 spiro atoms. The van der Waals surface area contributed by atoms with Crippen molar-refractivity contribution in [3.8, 4) is 0 Å². The molecule has 24 heavy (non-hydrogen) atoms. The Morgan fingerprint density at radius 2 is 2.12 bits per heavy atom. The van der Waals surface area contributed by atoms with Gasteiger partial charge in [-0.25, -0.2) is 0 Å². The van der Waals surface area contributed by atoms with Crippen molar-refractivity contribution in [1.82, 2.24) is 10.2 Å². The predicted molar refractivity (Wildman–Crippen MR) is 102 cm³/mol. The van der Waals surface area contributed by atoms with Gasteiger partial charge in [0.1, 0.15) is 6.10 Å². The third kappa shape index (κ3) is 4.66. The molecule has 2 aliphatic rings. The Hall–Kier alpha value is -0.750. The molecule has 2 atom stereocenters. The fraction of sp³-hybridized carbons (Fsp3) is 0.611. The normalized spacial score (nSPS) is 26.5. The molecule has 134 valence electrons. The molecule has 1 aromatic carbocycles. The van der Waals surface area contributed by atoms with Crippen LogP contribution < -0.4 is 5.32 Å². The summed E-state index contributed by atoms with van der Waals surface area (Å²) in [7, 11) is 0. The summed E-state index contributed by atoms with van der Waals surface area (Å²) in [6.45, 7) is 6.40. The van der Waals surface area contributed by atoms with E-state index in [-0.39, 0.29) is 30.0 Å². The number of hydrogen-bond donors (Lipinski definition) is 1. The maximum atomic E-state index is 12.9. The highest BCUT2D eigenvalue weighted by atomic mass is 35.5. The van der Waals surface area contributed by atoms with Gasteiger partial charge in [-0.05, 0) is 19.4 Å². The van der Waals surface area contributed by atoms with Gasteiger partial charge in [0, 0.05) is 30.5 Å². The van der Waals surface area contributed by atoms with Crippen molar-refractivity contribution >= 4 is 30.1 Å². The molecule has 2 saturated heterocycles. The van der Waals surface area contributed by atoms with Crippen molar-refractivity contribution in [1.29, 1.82) is 0 Å². The Morgan fingerprint density at radius 1 is 1.38 bits per heavy atom. The number of rotatable bonds is 3. The summed E-state index contributed by atoms with van der Waals surface area (Å²) in [5.74, 6) is 2.40. The Bertz CT molecular complexity index is 535. The number of halogens is 1. The molecule has 0 saturated carbocycles. The minimum Gasteiger partial charge on any atom is -0.369 e. The summed E-state index contributed by atoms with van der Waals surface area (Å²) in [6, 6.07) is 10.5.